The molecule has 0 spiro atoms. The molecule has 0 aliphatic carbocycles. The Balaban J connectivity index is 2.74. The largest absolute Gasteiger partial charge is 0.388 e. The Morgan fingerprint density at radius 3 is 2.47 bits per heavy atom. The molecule has 1 N–H and O–H groups in total. The first-order valence-electron chi connectivity index (χ1n) is 6.08. The summed E-state index contributed by atoms with van der Waals surface area (Å²) < 4.78 is 0. The van der Waals surface area contributed by atoms with Crippen molar-refractivity contribution in [3.05, 3.63) is 47.7 Å². The molecule has 92 valence electrons. The van der Waals surface area contributed by atoms with Crippen LogP contribution in [0.15, 0.2) is 47.1 Å². The van der Waals surface area contributed by atoms with E-state index in [9.17, 15) is 0 Å². The maximum absolute atomic E-state index is 4.33. The van der Waals surface area contributed by atoms with Crippen molar-refractivity contribution in [2.45, 2.75) is 20.8 Å². The molecule has 0 atom stereocenters. The minimum Gasteiger partial charge on any atom is -0.388 e. The summed E-state index contributed by atoms with van der Waals surface area (Å²) in [4.78, 5) is 4.33. The molecule has 0 radical (unpaired) electrons. The Bertz CT molecular complexity index is 389. The first-order chi connectivity index (χ1) is 8.13. The summed E-state index contributed by atoms with van der Waals surface area (Å²) in [5.41, 5.74) is 3.32. The molecule has 1 rings (SSSR count). The van der Waals surface area contributed by atoms with Crippen molar-refractivity contribution in [3.63, 3.8) is 0 Å². The van der Waals surface area contributed by atoms with Crippen molar-refractivity contribution in [2.24, 2.45) is 10.9 Å². The highest BCUT2D eigenvalue weighted by Crippen LogP contribution is 2.04. The van der Waals surface area contributed by atoms with Gasteiger partial charge in [-0.15, -0.1) is 0 Å². The molecular formula is C15H22N2. The van der Waals surface area contributed by atoms with Gasteiger partial charge in [0.1, 0.15) is 0 Å². The number of nitrogens with zero attached hydrogens (tertiary/aromatic N) is 1. The van der Waals surface area contributed by atoms with Gasteiger partial charge in [0.25, 0.3) is 0 Å². The normalized spacial score (nSPS) is 13.0. The van der Waals surface area contributed by atoms with Crippen LogP contribution in [-0.2, 0) is 0 Å². The van der Waals surface area contributed by atoms with Crippen LogP contribution in [0.1, 0.15) is 26.3 Å². The van der Waals surface area contributed by atoms with E-state index in [4.69, 9.17) is 0 Å². The van der Waals surface area contributed by atoms with Gasteiger partial charge in [-0.05, 0) is 24.5 Å². The highest BCUT2D eigenvalue weighted by molar-refractivity contribution is 6.08. The molecule has 0 heterocycles. The second-order valence-corrected chi connectivity index (χ2v) is 4.58. The van der Waals surface area contributed by atoms with Crippen molar-refractivity contribution in [1.29, 1.82) is 0 Å². The van der Waals surface area contributed by atoms with Gasteiger partial charge in [-0.2, -0.15) is 0 Å². The standard InChI is InChI=1S/C15H22N2/c1-12(2)11-17-13(3)10-15(16-4)14-8-6-5-7-9-14/h5-10,12,17H,11H2,1-4H3/b13-10-,16-15?. The second kappa shape index (κ2) is 6.89. The van der Waals surface area contributed by atoms with E-state index >= 15 is 0 Å². The van der Waals surface area contributed by atoms with Crippen molar-refractivity contribution >= 4 is 5.71 Å². The average Bonchev–Trinajstić information content (AvgIpc) is 2.34. The Morgan fingerprint density at radius 1 is 1.29 bits per heavy atom. The summed E-state index contributed by atoms with van der Waals surface area (Å²) in [5.74, 6) is 0.650. The SMILES string of the molecule is CN=C(/C=C(/C)NCC(C)C)c1ccccc1. The Labute approximate surface area is 104 Å². The van der Waals surface area contributed by atoms with Crippen LogP contribution in [0.4, 0.5) is 0 Å². The summed E-state index contributed by atoms with van der Waals surface area (Å²) in [6.45, 7) is 7.48. The highest BCUT2D eigenvalue weighted by atomic mass is 14.9. The molecular weight excluding hydrogens is 208 g/mol. The van der Waals surface area contributed by atoms with Crippen molar-refractivity contribution in [2.75, 3.05) is 13.6 Å². The highest BCUT2D eigenvalue weighted by Gasteiger charge is 1.99. The smallest absolute Gasteiger partial charge is 0.0660 e. The third-order valence-corrected chi connectivity index (χ3v) is 2.45. The van der Waals surface area contributed by atoms with Gasteiger partial charge in [0, 0.05) is 19.3 Å². The first kappa shape index (κ1) is 13.5. The molecule has 0 aliphatic rings. The van der Waals surface area contributed by atoms with E-state index in [-0.39, 0.29) is 0 Å². The molecule has 0 bridgehead atoms. The lowest BCUT2D eigenvalue weighted by Crippen LogP contribution is -2.18. The number of hydrogen-bond donors (Lipinski definition) is 1. The molecule has 0 aliphatic heterocycles. The van der Waals surface area contributed by atoms with Crippen LogP contribution in [0.5, 0.6) is 0 Å². The predicted octanol–water partition coefficient (Wildman–Crippen LogP) is 3.25. The molecule has 2 heteroatoms. The molecule has 0 amide bonds. The summed E-state index contributed by atoms with van der Waals surface area (Å²) in [6.07, 6.45) is 2.09. The third kappa shape index (κ3) is 4.85. The van der Waals surface area contributed by atoms with Gasteiger partial charge in [0.15, 0.2) is 0 Å². The Morgan fingerprint density at radius 2 is 1.94 bits per heavy atom. The fourth-order valence-electron chi connectivity index (χ4n) is 1.51. The van der Waals surface area contributed by atoms with Crippen molar-refractivity contribution in [1.82, 2.24) is 5.32 Å². The van der Waals surface area contributed by atoms with Gasteiger partial charge in [-0.1, -0.05) is 44.2 Å². The minimum atomic E-state index is 0.650. The number of aliphatic imine (C=N–C) groups is 1. The van der Waals surface area contributed by atoms with Gasteiger partial charge in [0.05, 0.1) is 5.71 Å². The number of allylic oxidation sites excluding steroid dienone is 2. The molecule has 0 aromatic heterocycles. The van der Waals surface area contributed by atoms with Gasteiger partial charge in [0.2, 0.25) is 0 Å². The fraction of sp³-hybridized carbons (Fsp3) is 0.400. The van der Waals surface area contributed by atoms with Gasteiger partial charge < -0.3 is 5.32 Å². The van der Waals surface area contributed by atoms with Crippen LogP contribution in [0.3, 0.4) is 0 Å². The van der Waals surface area contributed by atoms with E-state index in [1.54, 1.807) is 0 Å². The maximum atomic E-state index is 4.33. The van der Waals surface area contributed by atoms with Gasteiger partial charge in [-0.25, -0.2) is 0 Å². The molecule has 17 heavy (non-hydrogen) atoms. The van der Waals surface area contributed by atoms with Crippen molar-refractivity contribution < 1.29 is 0 Å². The van der Waals surface area contributed by atoms with E-state index in [0.29, 0.717) is 5.92 Å². The van der Waals surface area contributed by atoms with Crippen LogP contribution in [0, 0.1) is 5.92 Å². The van der Waals surface area contributed by atoms with E-state index in [1.807, 2.05) is 25.2 Å². The predicted molar refractivity (Wildman–Crippen MR) is 75.5 cm³/mol. The van der Waals surface area contributed by atoms with E-state index in [0.717, 1.165) is 23.5 Å². The lowest BCUT2D eigenvalue weighted by molar-refractivity contribution is 0.596. The number of nitrogens with one attached hydrogen (secondary N) is 1. The first-order valence-corrected chi connectivity index (χ1v) is 6.08. The van der Waals surface area contributed by atoms with Crippen molar-refractivity contribution in [3.8, 4) is 0 Å². The van der Waals surface area contributed by atoms with E-state index in [1.165, 1.54) is 0 Å². The lowest BCUT2D eigenvalue weighted by Gasteiger charge is -2.10. The fourth-order valence-corrected chi connectivity index (χ4v) is 1.51. The van der Waals surface area contributed by atoms with Gasteiger partial charge >= 0.3 is 0 Å². The quantitative estimate of drug-likeness (QED) is 0.771. The number of benzene rings is 1. The molecule has 1 aromatic rings. The number of rotatable bonds is 5. The topological polar surface area (TPSA) is 24.4 Å². The Hall–Kier alpha value is -1.57. The molecule has 0 saturated carbocycles. The Kier molecular flexibility index (Phi) is 5.47. The minimum absolute atomic E-state index is 0.650. The van der Waals surface area contributed by atoms with Crippen LogP contribution >= 0.6 is 0 Å². The average molecular weight is 230 g/mol. The lowest BCUT2D eigenvalue weighted by atomic mass is 10.1. The second-order valence-electron chi connectivity index (χ2n) is 4.58. The number of hydrogen-bond acceptors (Lipinski definition) is 2. The van der Waals surface area contributed by atoms with E-state index < -0.39 is 0 Å². The summed E-state index contributed by atoms with van der Waals surface area (Å²) in [7, 11) is 1.83. The summed E-state index contributed by atoms with van der Waals surface area (Å²) in [5, 5.41) is 3.40. The van der Waals surface area contributed by atoms with Crippen LogP contribution in [-0.4, -0.2) is 19.3 Å². The summed E-state index contributed by atoms with van der Waals surface area (Å²) in [6, 6.07) is 10.2. The maximum Gasteiger partial charge on any atom is 0.0660 e. The van der Waals surface area contributed by atoms with Crippen LogP contribution in [0.2, 0.25) is 0 Å². The molecule has 0 saturated heterocycles. The zero-order chi connectivity index (χ0) is 12.7. The molecule has 0 fully saturated rings. The zero-order valence-corrected chi connectivity index (χ0v) is 11.2. The molecule has 0 unspecified atom stereocenters. The van der Waals surface area contributed by atoms with Crippen LogP contribution in [0.25, 0.3) is 0 Å². The summed E-state index contributed by atoms with van der Waals surface area (Å²) >= 11 is 0. The third-order valence-electron chi connectivity index (χ3n) is 2.45. The van der Waals surface area contributed by atoms with E-state index in [2.05, 4.69) is 49.3 Å². The molecule has 2 nitrogen and oxygen atoms in total. The zero-order valence-electron chi connectivity index (χ0n) is 11.2. The van der Waals surface area contributed by atoms with Gasteiger partial charge in [-0.3, -0.25) is 4.99 Å². The molecule has 1 aromatic carbocycles. The van der Waals surface area contributed by atoms with Crippen LogP contribution < -0.4 is 5.32 Å². The monoisotopic (exact) mass is 230 g/mol.